The van der Waals surface area contributed by atoms with E-state index in [0.717, 1.165) is 25.0 Å². The van der Waals surface area contributed by atoms with E-state index in [1.807, 2.05) is 6.08 Å². The molecule has 0 radical (unpaired) electrons. The van der Waals surface area contributed by atoms with Crippen LogP contribution in [-0.4, -0.2) is 5.97 Å². The van der Waals surface area contributed by atoms with Crippen molar-refractivity contribution in [2.24, 2.45) is 0 Å². The normalized spacial score (nSPS) is 16.9. The van der Waals surface area contributed by atoms with Crippen molar-refractivity contribution in [3.05, 3.63) is 11.8 Å². The molecular weight excluding hydrogens is 128 g/mol. The van der Waals surface area contributed by atoms with Crippen LogP contribution in [0.2, 0.25) is 0 Å². The molecule has 0 unspecified atom stereocenters. The first-order chi connectivity index (χ1) is 4.83. The molecule has 0 N–H and O–H groups in total. The van der Waals surface area contributed by atoms with E-state index in [9.17, 15) is 4.79 Å². The molecule has 10 heavy (non-hydrogen) atoms. The zero-order valence-electron chi connectivity index (χ0n) is 6.22. The van der Waals surface area contributed by atoms with E-state index in [0.29, 0.717) is 6.42 Å². The van der Waals surface area contributed by atoms with E-state index >= 15 is 0 Å². The summed E-state index contributed by atoms with van der Waals surface area (Å²) in [5.74, 6) is 0.762. The first-order valence-electron chi connectivity index (χ1n) is 3.72. The van der Waals surface area contributed by atoms with Crippen LogP contribution in [0.15, 0.2) is 11.8 Å². The van der Waals surface area contributed by atoms with Gasteiger partial charge in [-0.3, -0.25) is 4.79 Å². The second kappa shape index (κ2) is 3.40. The first kappa shape index (κ1) is 7.32. The smallest absolute Gasteiger partial charge is 0.314 e. The summed E-state index contributed by atoms with van der Waals surface area (Å²) in [6, 6.07) is 0. The number of carbonyl (C=O) groups excluding carboxylic acids is 1. The number of carbonyl (C=O) groups is 1. The summed E-state index contributed by atoms with van der Waals surface area (Å²) in [5.41, 5.74) is 0. The SMILES string of the molecule is CCCCC1=CCC(=O)O1. The lowest BCUT2D eigenvalue weighted by Gasteiger charge is -1.98. The molecule has 0 fully saturated rings. The third-order valence-corrected chi connectivity index (χ3v) is 1.52. The monoisotopic (exact) mass is 140 g/mol. The zero-order chi connectivity index (χ0) is 7.40. The lowest BCUT2D eigenvalue weighted by Crippen LogP contribution is -1.93. The standard InChI is InChI=1S/C8H12O2/c1-2-3-4-7-5-6-8(9)10-7/h5H,2-4,6H2,1H3. The highest BCUT2D eigenvalue weighted by Crippen LogP contribution is 2.16. The van der Waals surface area contributed by atoms with Crippen LogP contribution in [0.25, 0.3) is 0 Å². The van der Waals surface area contributed by atoms with Gasteiger partial charge in [-0.25, -0.2) is 0 Å². The summed E-state index contributed by atoms with van der Waals surface area (Å²) < 4.78 is 4.89. The van der Waals surface area contributed by atoms with Gasteiger partial charge in [-0.2, -0.15) is 0 Å². The molecule has 0 aromatic heterocycles. The second-order valence-corrected chi connectivity index (χ2v) is 2.45. The van der Waals surface area contributed by atoms with E-state index in [-0.39, 0.29) is 5.97 Å². The lowest BCUT2D eigenvalue weighted by molar-refractivity contribution is -0.136. The van der Waals surface area contributed by atoms with Crippen LogP contribution in [0.5, 0.6) is 0 Å². The van der Waals surface area contributed by atoms with Gasteiger partial charge in [-0.1, -0.05) is 13.3 Å². The lowest BCUT2D eigenvalue weighted by atomic mass is 10.2. The first-order valence-corrected chi connectivity index (χ1v) is 3.72. The molecule has 0 aromatic carbocycles. The van der Waals surface area contributed by atoms with Gasteiger partial charge in [0.1, 0.15) is 5.76 Å². The summed E-state index contributed by atoms with van der Waals surface area (Å²) in [4.78, 5) is 10.5. The Morgan fingerprint density at radius 1 is 1.70 bits per heavy atom. The van der Waals surface area contributed by atoms with Crippen LogP contribution in [0.3, 0.4) is 0 Å². The van der Waals surface area contributed by atoms with E-state index < -0.39 is 0 Å². The molecule has 0 amide bonds. The van der Waals surface area contributed by atoms with Gasteiger partial charge >= 0.3 is 5.97 Å². The Morgan fingerprint density at radius 3 is 3.00 bits per heavy atom. The highest BCUT2D eigenvalue weighted by molar-refractivity contribution is 5.74. The van der Waals surface area contributed by atoms with Crippen LogP contribution in [-0.2, 0) is 9.53 Å². The van der Waals surface area contributed by atoms with Gasteiger partial charge in [-0.05, 0) is 12.5 Å². The summed E-state index contributed by atoms with van der Waals surface area (Å²) in [5, 5.41) is 0. The van der Waals surface area contributed by atoms with Crippen molar-refractivity contribution in [2.45, 2.75) is 32.6 Å². The molecule has 0 aromatic rings. The molecule has 0 atom stereocenters. The molecule has 0 saturated heterocycles. The Bertz CT molecular complexity index is 159. The molecule has 0 bridgehead atoms. The van der Waals surface area contributed by atoms with Crippen molar-refractivity contribution >= 4 is 5.97 Å². The van der Waals surface area contributed by atoms with Crippen LogP contribution < -0.4 is 0 Å². The van der Waals surface area contributed by atoms with Crippen molar-refractivity contribution in [3.8, 4) is 0 Å². The fraction of sp³-hybridized carbons (Fsp3) is 0.625. The van der Waals surface area contributed by atoms with Gasteiger partial charge in [0.05, 0.1) is 6.42 Å². The third-order valence-electron chi connectivity index (χ3n) is 1.52. The van der Waals surface area contributed by atoms with Crippen molar-refractivity contribution in [2.75, 3.05) is 0 Å². The number of ether oxygens (including phenoxy) is 1. The molecule has 1 rings (SSSR count). The minimum absolute atomic E-state index is 0.105. The maximum Gasteiger partial charge on any atom is 0.314 e. The highest BCUT2D eigenvalue weighted by atomic mass is 16.5. The molecule has 2 heteroatoms. The number of esters is 1. The second-order valence-electron chi connectivity index (χ2n) is 2.45. The van der Waals surface area contributed by atoms with Gasteiger partial charge < -0.3 is 4.74 Å². The third kappa shape index (κ3) is 1.87. The van der Waals surface area contributed by atoms with Crippen molar-refractivity contribution in [3.63, 3.8) is 0 Å². The molecule has 0 spiro atoms. The molecular formula is C8H12O2. The Labute approximate surface area is 60.9 Å². The minimum atomic E-state index is -0.105. The highest BCUT2D eigenvalue weighted by Gasteiger charge is 2.12. The van der Waals surface area contributed by atoms with Gasteiger partial charge in [-0.15, -0.1) is 0 Å². The predicted octanol–water partition coefficient (Wildman–Crippen LogP) is 2.01. The van der Waals surface area contributed by atoms with Gasteiger partial charge in [0.2, 0.25) is 0 Å². The molecule has 1 aliphatic rings. The average Bonchev–Trinajstić information content (AvgIpc) is 2.31. The van der Waals surface area contributed by atoms with E-state index in [1.165, 1.54) is 0 Å². The van der Waals surface area contributed by atoms with Gasteiger partial charge in [0, 0.05) is 6.42 Å². The Kier molecular flexibility index (Phi) is 2.49. The fourth-order valence-corrected chi connectivity index (χ4v) is 0.931. The van der Waals surface area contributed by atoms with Crippen LogP contribution in [0.1, 0.15) is 32.6 Å². The van der Waals surface area contributed by atoms with Crippen molar-refractivity contribution < 1.29 is 9.53 Å². The molecule has 2 nitrogen and oxygen atoms in total. The number of allylic oxidation sites excluding steroid dienone is 1. The maximum absolute atomic E-state index is 10.5. The molecule has 1 heterocycles. The number of rotatable bonds is 3. The average molecular weight is 140 g/mol. The summed E-state index contributed by atoms with van der Waals surface area (Å²) in [6.45, 7) is 2.12. The number of hydrogen-bond donors (Lipinski definition) is 0. The summed E-state index contributed by atoms with van der Waals surface area (Å²) in [7, 11) is 0. The minimum Gasteiger partial charge on any atom is -0.431 e. The Hall–Kier alpha value is -0.790. The molecule has 56 valence electrons. The summed E-state index contributed by atoms with van der Waals surface area (Å²) in [6.07, 6.45) is 5.52. The molecule has 1 aliphatic heterocycles. The quantitative estimate of drug-likeness (QED) is 0.560. The topological polar surface area (TPSA) is 26.3 Å². The van der Waals surface area contributed by atoms with Crippen LogP contribution >= 0.6 is 0 Å². The van der Waals surface area contributed by atoms with Crippen LogP contribution in [0.4, 0.5) is 0 Å². The number of unbranched alkanes of at least 4 members (excludes halogenated alkanes) is 1. The van der Waals surface area contributed by atoms with E-state index in [1.54, 1.807) is 0 Å². The summed E-state index contributed by atoms with van der Waals surface area (Å²) >= 11 is 0. The fourth-order valence-electron chi connectivity index (χ4n) is 0.931. The Morgan fingerprint density at radius 2 is 2.50 bits per heavy atom. The predicted molar refractivity (Wildman–Crippen MR) is 38.3 cm³/mol. The Balaban J connectivity index is 2.23. The molecule has 0 saturated carbocycles. The number of cyclic esters (lactones) is 1. The maximum atomic E-state index is 10.5. The molecule has 0 aliphatic carbocycles. The van der Waals surface area contributed by atoms with Gasteiger partial charge in [0.25, 0.3) is 0 Å². The van der Waals surface area contributed by atoms with Crippen molar-refractivity contribution in [1.82, 2.24) is 0 Å². The van der Waals surface area contributed by atoms with E-state index in [4.69, 9.17) is 4.74 Å². The zero-order valence-corrected chi connectivity index (χ0v) is 6.22. The largest absolute Gasteiger partial charge is 0.431 e. The van der Waals surface area contributed by atoms with Crippen molar-refractivity contribution in [1.29, 1.82) is 0 Å². The van der Waals surface area contributed by atoms with Crippen LogP contribution in [0, 0.1) is 0 Å². The van der Waals surface area contributed by atoms with Gasteiger partial charge in [0.15, 0.2) is 0 Å². The van der Waals surface area contributed by atoms with E-state index in [2.05, 4.69) is 6.92 Å². The number of hydrogen-bond acceptors (Lipinski definition) is 2.